The highest BCUT2D eigenvalue weighted by molar-refractivity contribution is 6.64. The first-order valence-corrected chi connectivity index (χ1v) is 4.83. The number of carbonyl (C=O) groups excluding carboxylic acids is 1. The highest BCUT2D eigenvalue weighted by atomic mass is 35.5. The van der Waals surface area contributed by atoms with Crippen LogP contribution in [-0.2, 0) is 11.2 Å². The first-order chi connectivity index (χ1) is 6.00. The zero-order valence-electron chi connectivity index (χ0n) is 6.28. The van der Waals surface area contributed by atoms with E-state index in [1.807, 2.05) is 0 Å². The quantitative estimate of drug-likeness (QED) is 0.734. The third-order valence-electron chi connectivity index (χ3n) is 1.42. The molecule has 0 aromatic heterocycles. The monoisotopic (exact) mass is 256 g/mol. The van der Waals surface area contributed by atoms with Gasteiger partial charge in [0.25, 0.3) is 0 Å². The lowest BCUT2D eigenvalue weighted by Gasteiger charge is -2.04. The Morgan fingerprint density at radius 3 is 2.00 bits per heavy atom. The molecule has 0 spiro atoms. The van der Waals surface area contributed by atoms with Crippen LogP contribution in [-0.4, -0.2) is 5.24 Å². The van der Waals surface area contributed by atoms with Gasteiger partial charge in [-0.2, -0.15) is 0 Å². The lowest BCUT2D eigenvalue weighted by molar-refractivity contribution is -0.111. The largest absolute Gasteiger partial charge is 0.281 e. The van der Waals surface area contributed by atoms with E-state index in [1.165, 1.54) is 12.1 Å². The highest BCUT2D eigenvalue weighted by Crippen LogP contribution is 2.29. The minimum absolute atomic E-state index is 0.0103. The fourth-order valence-electron chi connectivity index (χ4n) is 0.880. The van der Waals surface area contributed by atoms with Gasteiger partial charge in [0, 0.05) is 21.5 Å². The van der Waals surface area contributed by atoms with Crippen LogP contribution in [0.15, 0.2) is 12.1 Å². The van der Waals surface area contributed by atoms with Crippen LogP contribution in [0.5, 0.6) is 0 Å². The van der Waals surface area contributed by atoms with Gasteiger partial charge in [-0.3, -0.25) is 4.79 Å². The number of hydrogen-bond donors (Lipinski definition) is 0. The molecule has 5 heteroatoms. The summed E-state index contributed by atoms with van der Waals surface area (Å²) in [5.41, 5.74) is 0.507. The van der Waals surface area contributed by atoms with Crippen molar-refractivity contribution in [2.75, 3.05) is 0 Å². The summed E-state index contributed by atoms with van der Waals surface area (Å²) in [6, 6.07) is 3.04. The van der Waals surface area contributed by atoms with E-state index in [0.29, 0.717) is 20.6 Å². The molecule has 1 nitrogen and oxygen atoms in total. The number of carbonyl (C=O) groups is 1. The lowest BCUT2D eigenvalue weighted by atomic mass is 10.2. The molecule has 1 rings (SSSR count). The van der Waals surface area contributed by atoms with Crippen molar-refractivity contribution in [3.8, 4) is 0 Å². The summed E-state index contributed by atoms with van der Waals surface area (Å²) in [6.45, 7) is 0. The molecule has 0 amide bonds. The van der Waals surface area contributed by atoms with Crippen LogP contribution in [0.3, 0.4) is 0 Å². The topological polar surface area (TPSA) is 17.1 Å². The number of halogens is 4. The van der Waals surface area contributed by atoms with Gasteiger partial charge in [-0.1, -0.05) is 34.8 Å². The molecule has 0 heterocycles. The Hall–Kier alpha value is 0.0500. The lowest BCUT2D eigenvalue weighted by Crippen LogP contribution is -1.95. The summed E-state index contributed by atoms with van der Waals surface area (Å²) in [4.78, 5) is 10.6. The van der Waals surface area contributed by atoms with E-state index in [4.69, 9.17) is 46.4 Å². The third-order valence-corrected chi connectivity index (χ3v) is 2.45. The van der Waals surface area contributed by atoms with E-state index in [1.54, 1.807) is 0 Å². The average molecular weight is 258 g/mol. The minimum atomic E-state index is -0.508. The smallest absolute Gasteiger partial charge is 0.226 e. The molecule has 70 valence electrons. The number of benzene rings is 1. The zero-order valence-corrected chi connectivity index (χ0v) is 9.31. The van der Waals surface area contributed by atoms with Crippen LogP contribution in [0.4, 0.5) is 0 Å². The van der Waals surface area contributed by atoms with Gasteiger partial charge in [-0.05, 0) is 29.3 Å². The molecule has 0 saturated heterocycles. The Balaban J connectivity index is 3.13. The molecule has 0 radical (unpaired) electrons. The average Bonchev–Trinajstić information content (AvgIpc) is 1.96. The Labute approximate surface area is 95.5 Å². The fourth-order valence-corrected chi connectivity index (χ4v) is 1.96. The van der Waals surface area contributed by atoms with Crippen LogP contribution in [0.25, 0.3) is 0 Å². The number of hydrogen-bond acceptors (Lipinski definition) is 1. The first kappa shape index (κ1) is 11.1. The van der Waals surface area contributed by atoms with Crippen LogP contribution >= 0.6 is 46.4 Å². The summed E-state index contributed by atoms with van der Waals surface area (Å²) in [5.74, 6) is 0. The minimum Gasteiger partial charge on any atom is -0.281 e. The van der Waals surface area contributed by atoms with Crippen LogP contribution in [0, 0.1) is 0 Å². The van der Waals surface area contributed by atoms with Gasteiger partial charge in [0.15, 0.2) is 0 Å². The summed E-state index contributed by atoms with van der Waals surface area (Å²) >= 11 is 22.5. The summed E-state index contributed by atoms with van der Waals surface area (Å²) in [7, 11) is 0. The maximum atomic E-state index is 10.6. The molecule has 0 saturated carbocycles. The SMILES string of the molecule is O=C(Cl)Cc1c(Cl)cc(Cl)cc1Cl. The van der Waals surface area contributed by atoms with Gasteiger partial charge >= 0.3 is 0 Å². The van der Waals surface area contributed by atoms with Crippen molar-refractivity contribution >= 4 is 51.6 Å². The third kappa shape index (κ3) is 3.03. The normalized spacial score (nSPS) is 10.2. The van der Waals surface area contributed by atoms with E-state index in [2.05, 4.69) is 0 Å². The van der Waals surface area contributed by atoms with Gasteiger partial charge in [0.05, 0.1) is 0 Å². The first-order valence-electron chi connectivity index (χ1n) is 3.32. The molecule has 0 bridgehead atoms. The molecule has 0 fully saturated rings. The molecule has 0 aliphatic heterocycles. The molecular formula is C8H4Cl4O. The van der Waals surface area contributed by atoms with Crippen molar-refractivity contribution in [3.05, 3.63) is 32.8 Å². The van der Waals surface area contributed by atoms with E-state index >= 15 is 0 Å². The maximum Gasteiger partial charge on any atom is 0.226 e. The molecule has 1 aromatic rings. The van der Waals surface area contributed by atoms with E-state index in [-0.39, 0.29) is 6.42 Å². The van der Waals surface area contributed by atoms with E-state index in [9.17, 15) is 4.79 Å². The summed E-state index contributed by atoms with van der Waals surface area (Å²) < 4.78 is 0. The standard InChI is InChI=1S/C8H4Cl4O/c9-4-1-6(10)5(3-8(12)13)7(11)2-4/h1-2H,3H2. The Bertz CT molecular complexity index is 325. The summed E-state index contributed by atoms with van der Waals surface area (Å²) in [5, 5.41) is 0.630. The van der Waals surface area contributed by atoms with E-state index in [0.717, 1.165) is 0 Å². The molecule has 0 atom stereocenters. The van der Waals surface area contributed by atoms with Crippen LogP contribution < -0.4 is 0 Å². The van der Waals surface area contributed by atoms with Gasteiger partial charge < -0.3 is 0 Å². The molecule has 1 aromatic carbocycles. The highest BCUT2D eigenvalue weighted by Gasteiger charge is 2.10. The van der Waals surface area contributed by atoms with Gasteiger partial charge in [0.2, 0.25) is 5.24 Å². The molecule has 0 unspecified atom stereocenters. The van der Waals surface area contributed by atoms with Crippen molar-refractivity contribution in [1.29, 1.82) is 0 Å². The van der Waals surface area contributed by atoms with Gasteiger partial charge in [-0.15, -0.1) is 0 Å². The van der Waals surface area contributed by atoms with Gasteiger partial charge in [-0.25, -0.2) is 0 Å². The molecule has 0 aliphatic carbocycles. The Kier molecular flexibility index (Phi) is 3.87. The molecule has 0 aliphatic rings. The molecular weight excluding hydrogens is 254 g/mol. The Morgan fingerprint density at radius 1 is 1.15 bits per heavy atom. The van der Waals surface area contributed by atoms with Crippen molar-refractivity contribution in [3.63, 3.8) is 0 Å². The summed E-state index contributed by atoms with van der Waals surface area (Å²) in [6.07, 6.45) is 0.0103. The van der Waals surface area contributed by atoms with Crippen LogP contribution in [0.1, 0.15) is 5.56 Å². The maximum absolute atomic E-state index is 10.6. The second-order valence-electron chi connectivity index (χ2n) is 2.38. The fraction of sp³-hybridized carbons (Fsp3) is 0.125. The molecule has 0 N–H and O–H groups in total. The van der Waals surface area contributed by atoms with Gasteiger partial charge in [0.1, 0.15) is 0 Å². The predicted octanol–water partition coefficient (Wildman–Crippen LogP) is 3.95. The van der Waals surface area contributed by atoms with Crippen molar-refractivity contribution < 1.29 is 4.79 Å². The van der Waals surface area contributed by atoms with E-state index < -0.39 is 5.24 Å². The molecule has 13 heavy (non-hydrogen) atoms. The zero-order chi connectivity index (χ0) is 10.0. The predicted molar refractivity (Wildman–Crippen MR) is 56.0 cm³/mol. The van der Waals surface area contributed by atoms with Crippen LogP contribution in [0.2, 0.25) is 15.1 Å². The van der Waals surface area contributed by atoms with Crippen molar-refractivity contribution in [2.24, 2.45) is 0 Å². The second-order valence-corrected chi connectivity index (χ2v) is 4.05. The number of rotatable bonds is 2. The van der Waals surface area contributed by atoms with Crippen molar-refractivity contribution in [1.82, 2.24) is 0 Å². The van der Waals surface area contributed by atoms with Crippen molar-refractivity contribution in [2.45, 2.75) is 6.42 Å². The Morgan fingerprint density at radius 2 is 1.62 bits per heavy atom. The second kappa shape index (κ2) is 4.52.